The molecule has 0 radical (unpaired) electrons. The van der Waals surface area contributed by atoms with Crippen molar-refractivity contribution in [3.63, 3.8) is 0 Å². The molecule has 1 aliphatic rings. The molecule has 3 aromatic heterocycles. The molecule has 36 heavy (non-hydrogen) atoms. The molecular weight excluding hydrogens is 468 g/mol. The molecule has 0 bridgehead atoms. The summed E-state index contributed by atoms with van der Waals surface area (Å²) in [6.45, 7) is 7.97. The zero-order chi connectivity index (χ0) is 25.2. The lowest BCUT2D eigenvalue weighted by Crippen LogP contribution is -2.19. The first-order chi connectivity index (χ1) is 17.5. The minimum Gasteiger partial charge on any atom is -0.454 e. The van der Waals surface area contributed by atoms with Crippen LogP contribution in [0.4, 0.5) is 0 Å². The van der Waals surface area contributed by atoms with Crippen molar-refractivity contribution in [3.8, 4) is 0 Å². The summed E-state index contributed by atoms with van der Waals surface area (Å²) in [6.07, 6.45) is 6.55. The minimum atomic E-state index is -0.476. The average molecular weight is 497 g/mol. The number of pyridine rings is 1. The molecule has 0 N–H and O–H groups in total. The number of fused-ring (bicyclic) bond motifs is 2. The van der Waals surface area contributed by atoms with E-state index in [0.717, 1.165) is 63.3 Å². The van der Waals surface area contributed by atoms with Crippen LogP contribution in [0.3, 0.4) is 0 Å². The Morgan fingerprint density at radius 2 is 2.00 bits per heavy atom. The second-order valence-corrected chi connectivity index (χ2v) is 10.0. The van der Waals surface area contributed by atoms with Crippen molar-refractivity contribution >= 4 is 45.6 Å². The highest BCUT2D eigenvalue weighted by atomic mass is 32.1. The molecule has 6 heteroatoms. The van der Waals surface area contributed by atoms with Gasteiger partial charge in [0.05, 0.1) is 16.8 Å². The smallest absolute Gasteiger partial charge is 0.339 e. The number of hydrogen-bond donors (Lipinski definition) is 0. The summed E-state index contributed by atoms with van der Waals surface area (Å²) in [5.41, 5.74) is 6.57. The first-order valence-electron chi connectivity index (χ1n) is 12.1. The molecule has 182 valence electrons. The van der Waals surface area contributed by atoms with E-state index in [0.29, 0.717) is 17.7 Å². The molecule has 1 aliphatic carbocycles. The number of rotatable bonds is 7. The topological polar surface area (TPSA) is 61.2 Å². The van der Waals surface area contributed by atoms with Gasteiger partial charge in [0.25, 0.3) is 0 Å². The number of nitrogens with zero attached hydrogens (tertiary/aromatic N) is 2. The maximum Gasteiger partial charge on any atom is 0.339 e. The van der Waals surface area contributed by atoms with Gasteiger partial charge in [-0.05, 0) is 73.9 Å². The molecule has 0 saturated heterocycles. The van der Waals surface area contributed by atoms with Crippen molar-refractivity contribution in [2.45, 2.75) is 39.7 Å². The lowest BCUT2D eigenvalue weighted by atomic mass is 9.86. The summed E-state index contributed by atoms with van der Waals surface area (Å²) in [7, 11) is 0. The number of benzene rings is 1. The Balaban J connectivity index is 1.49. The zero-order valence-electron chi connectivity index (χ0n) is 20.5. The number of aryl methyl sites for hydroxylation is 1. The number of aromatic nitrogens is 2. The summed E-state index contributed by atoms with van der Waals surface area (Å²) in [5, 5.41) is 2.81. The summed E-state index contributed by atoms with van der Waals surface area (Å²) in [5.74, 6) is -0.687. The number of ether oxygens (including phenoxy) is 1. The highest BCUT2D eigenvalue weighted by molar-refractivity contribution is 7.10. The third-order valence-corrected chi connectivity index (χ3v) is 7.57. The molecule has 0 atom stereocenters. The van der Waals surface area contributed by atoms with E-state index in [-0.39, 0.29) is 12.4 Å². The number of esters is 1. The van der Waals surface area contributed by atoms with Crippen molar-refractivity contribution in [2.75, 3.05) is 6.61 Å². The lowest BCUT2D eigenvalue weighted by Gasteiger charge is -2.22. The maximum absolute atomic E-state index is 13.5. The van der Waals surface area contributed by atoms with E-state index in [1.165, 1.54) is 0 Å². The number of thiophene rings is 1. The van der Waals surface area contributed by atoms with Gasteiger partial charge >= 0.3 is 5.97 Å². The SMILES string of the molecule is C=CCn1c(C)cc(C(=O)COC(=O)c2c3c(nc4ccccc24)C(=Cc2cccs2)CCC3)c1C. The van der Waals surface area contributed by atoms with Crippen LogP contribution in [0, 0.1) is 13.8 Å². The van der Waals surface area contributed by atoms with Crippen LogP contribution in [0.5, 0.6) is 0 Å². The molecular formula is C30H28N2O3S. The molecule has 5 nitrogen and oxygen atoms in total. The van der Waals surface area contributed by atoms with Gasteiger partial charge in [-0.2, -0.15) is 0 Å². The fourth-order valence-electron chi connectivity index (χ4n) is 5.03. The molecule has 1 aromatic carbocycles. The summed E-state index contributed by atoms with van der Waals surface area (Å²) in [4.78, 5) is 32.6. The van der Waals surface area contributed by atoms with Crippen molar-refractivity contribution in [1.82, 2.24) is 9.55 Å². The Hall–Kier alpha value is -3.77. The average Bonchev–Trinajstić information content (AvgIpc) is 3.49. The summed E-state index contributed by atoms with van der Waals surface area (Å²) < 4.78 is 7.68. The molecule has 3 heterocycles. The molecule has 0 fully saturated rings. The van der Waals surface area contributed by atoms with E-state index in [1.807, 2.05) is 54.8 Å². The number of allylic oxidation sites excluding steroid dienone is 2. The molecule has 0 amide bonds. The fraction of sp³-hybridized carbons (Fsp3) is 0.233. The second-order valence-electron chi connectivity index (χ2n) is 9.05. The molecule has 0 unspecified atom stereocenters. The standard InChI is InChI=1S/C30H28N2O3S/c1-4-14-32-19(2)16-25(20(32)3)27(33)18-35-30(34)28-23-11-5-6-13-26(23)31-29-21(9-7-12-24(28)29)17-22-10-8-15-36-22/h4-6,8,10-11,13,15-17H,1,7,9,12,14,18H2,2-3H3. The van der Waals surface area contributed by atoms with Crippen LogP contribution in [-0.4, -0.2) is 27.9 Å². The van der Waals surface area contributed by atoms with Crippen LogP contribution < -0.4 is 0 Å². The Bertz CT molecular complexity index is 1510. The largest absolute Gasteiger partial charge is 0.454 e. The van der Waals surface area contributed by atoms with Gasteiger partial charge in [0.15, 0.2) is 6.61 Å². The number of para-hydroxylation sites is 1. The normalized spacial score (nSPS) is 14.1. The van der Waals surface area contributed by atoms with Gasteiger partial charge in [0.1, 0.15) is 0 Å². The van der Waals surface area contributed by atoms with Gasteiger partial charge in [-0.15, -0.1) is 17.9 Å². The third-order valence-electron chi connectivity index (χ3n) is 6.75. The number of carbonyl (C=O) groups excluding carboxylic acids is 2. The van der Waals surface area contributed by atoms with Crippen molar-refractivity contribution < 1.29 is 14.3 Å². The Kier molecular flexibility index (Phi) is 6.70. The molecule has 0 aliphatic heterocycles. The highest BCUT2D eigenvalue weighted by Gasteiger charge is 2.27. The van der Waals surface area contributed by atoms with Gasteiger partial charge in [-0.25, -0.2) is 9.78 Å². The van der Waals surface area contributed by atoms with E-state index >= 15 is 0 Å². The second kappa shape index (κ2) is 10.1. The summed E-state index contributed by atoms with van der Waals surface area (Å²) >= 11 is 1.68. The minimum absolute atomic E-state index is 0.211. The van der Waals surface area contributed by atoms with Crippen LogP contribution in [0.1, 0.15) is 61.1 Å². The van der Waals surface area contributed by atoms with Crippen LogP contribution in [0.25, 0.3) is 22.6 Å². The van der Waals surface area contributed by atoms with Gasteiger partial charge < -0.3 is 9.30 Å². The van der Waals surface area contributed by atoms with Gasteiger partial charge in [0, 0.05) is 33.8 Å². The van der Waals surface area contributed by atoms with Crippen LogP contribution in [0.2, 0.25) is 0 Å². The molecule has 4 aromatic rings. The quantitative estimate of drug-likeness (QED) is 0.160. The maximum atomic E-state index is 13.5. The van der Waals surface area contributed by atoms with Crippen molar-refractivity contribution in [1.29, 1.82) is 0 Å². The van der Waals surface area contributed by atoms with E-state index in [2.05, 4.69) is 24.1 Å². The Morgan fingerprint density at radius 3 is 2.78 bits per heavy atom. The first kappa shape index (κ1) is 23.9. The van der Waals surface area contributed by atoms with Gasteiger partial charge in [0.2, 0.25) is 5.78 Å². The van der Waals surface area contributed by atoms with Gasteiger partial charge in [-0.3, -0.25) is 4.79 Å². The predicted molar refractivity (Wildman–Crippen MR) is 146 cm³/mol. The molecule has 0 saturated carbocycles. The van der Waals surface area contributed by atoms with Crippen LogP contribution in [0.15, 0.2) is 60.5 Å². The zero-order valence-corrected chi connectivity index (χ0v) is 21.4. The number of ketones is 1. The van der Waals surface area contributed by atoms with E-state index < -0.39 is 5.97 Å². The fourth-order valence-corrected chi connectivity index (χ4v) is 5.71. The van der Waals surface area contributed by atoms with Crippen molar-refractivity contribution in [3.05, 3.63) is 99.1 Å². The highest BCUT2D eigenvalue weighted by Crippen LogP contribution is 2.37. The van der Waals surface area contributed by atoms with E-state index in [4.69, 9.17) is 9.72 Å². The number of Topliss-reactive ketones (excluding diaryl/α,β-unsaturated/α-hetero) is 1. The monoisotopic (exact) mass is 496 g/mol. The first-order valence-corrected chi connectivity index (χ1v) is 13.0. The van der Waals surface area contributed by atoms with E-state index in [9.17, 15) is 9.59 Å². The Labute approximate surface area is 214 Å². The Morgan fingerprint density at radius 1 is 1.17 bits per heavy atom. The lowest BCUT2D eigenvalue weighted by molar-refractivity contribution is 0.0475. The molecule has 5 rings (SSSR count). The predicted octanol–water partition coefficient (Wildman–Crippen LogP) is 6.82. The van der Waals surface area contributed by atoms with Gasteiger partial charge in [-0.1, -0.05) is 30.3 Å². The van der Waals surface area contributed by atoms with E-state index in [1.54, 1.807) is 17.4 Å². The van der Waals surface area contributed by atoms with Crippen LogP contribution >= 0.6 is 11.3 Å². The third kappa shape index (κ3) is 4.44. The van der Waals surface area contributed by atoms with Crippen molar-refractivity contribution in [2.24, 2.45) is 0 Å². The number of hydrogen-bond acceptors (Lipinski definition) is 5. The van der Waals surface area contributed by atoms with Crippen LogP contribution in [-0.2, 0) is 17.7 Å². The number of carbonyl (C=O) groups is 2. The molecule has 0 spiro atoms. The summed E-state index contributed by atoms with van der Waals surface area (Å²) in [6, 6.07) is 13.6.